The van der Waals surface area contributed by atoms with Gasteiger partial charge in [0.2, 0.25) is 5.95 Å². The number of anilines is 1. The van der Waals surface area contributed by atoms with Gasteiger partial charge < -0.3 is 20.5 Å². The molecule has 2 fully saturated rings. The molecule has 2 aliphatic rings. The summed E-state index contributed by atoms with van der Waals surface area (Å²) in [6, 6.07) is 19.7. The fourth-order valence-corrected chi connectivity index (χ4v) is 7.00. The lowest BCUT2D eigenvalue weighted by atomic mass is 9.99. The predicted octanol–water partition coefficient (Wildman–Crippen LogP) is 6.43. The van der Waals surface area contributed by atoms with Crippen molar-refractivity contribution in [1.82, 2.24) is 35.1 Å². The number of nitrogens with zero attached hydrogens (tertiary/aromatic N) is 5. The van der Waals surface area contributed by atoms with Crippen LogP contribution < -0.4 is 16.0 Å². The van der Waals surface area contributed by atoms with Crippen LogP contribution in [0.3, 0.4) is 0 Å². The highest BCUT2D eigenvalue weighted by atomic mass is 35.5. The number of halogens is 3. The molecule has 4 heterocycles. The molecule has 0 saturated carbocycles. The first-order chi connectivity index (χ1) is 23.9. The molecule has 2 aliphatic heterocycles. The lowest BCUT2D eigenvalue weighted by Crippen LogP contribution is -2.44. The van der Waals surface area contributed by atoms with Crippen LogP contribution in [0.5, 0.6) is 0 Å². The smallest absolute Gasteiger partial charge is 0.251 e. The summed E-state index contributed by atoms with van der Waals surface area (Å²) in [6.45, 7) is 5.54. The maximum absolute atomic E-state index is 13.7. The molecule has 2 saturated heterocycles. The van der Waals surface area contributed by atoms with Gasteiger partial charge in [0.05, 0.1) is 11.2 Å². The molecule has 12 heteroatoms. The first-order valence-electron chi connectivity index (χ1n) is 16.9. The van der Waals surface area contributed by atoms with Gasteiger partial charge in [0.1, 0.15) is 11.3 Å². The second-order valence-corrected chi connectivity index (χ2v) is 13.4. The summed E-state index contributed by atoms with van der Waals surface area (Å²) in [5.41, 5.74) is 4.31. The van der Waals surface area contributed by atoms with Gasteiger partial charge in [-0.1, -0.05) is 48.0 Å². The largest absolute Gasteiger partial charge is 0.350 e. The zero-order valence-electron chi connectivity index (χ0n) is 27.1. The van der Waals surface area contributed by atoms with Crippen LogP contribution in [0.15, 0.2) is 72.9 Å². The van der Waals surface area contributed by atoms with Crippen molar-refractivity contribution in [3.05, 3.63) is 106 Å². The molecule has 0 unspecified atom stereocenters. The molecular formula is C37H39ClF2N8O. The van der Waals surface area contributed by atoms with Crippen molar-refractivity contribution >= 4 is 34.6 Å². The van der Waals surface area contributed by atoms with Crippen LogP contribution in [-0.4, -0.2) is 62.5 Å². The zero-order chi connectivity index (χ0) is 33.7. The third-order valence-electron chi connectivity index (χ3n) is 9.41. The number of likely N-dealkylation sites (tertiary alicyclic amines) is 1. The van der Waals surface area contributed by atoms with E-state index in [0.717, 1.165) is 70.5 Å². The van der Waals surface area contributed by atoms with Crippen LogP contribution in [0.1, 0.15) is 47.2 Å². The van der Waals surface area contributed by atoms with E-state index in [1.165, 1.54) is 11.6 Å². The van der Waals surface area contributed by atoms with Crippen LogP contribution in [-0.2, 0) is 19.6 Å². The van der Waals surface area contributed by atoms with Crippen molar-refractivity contribution in [1.29, 1.82) is 0 Å². The third kappa shape index (κ3) is 7.90. The number of carbonyl (C=O) groups excluding carboxylic acids is 1. The van der Waals surface area contributed by atoms with Gasteiger partial charge in [0, 0.05) is 49.9 Å². The van der Waals surface area contributed by atoms with E-state index in [1.807, 2.05) is 12.1 Å². The molecule has 3 aromatic carbocycles. The minimum Gasteiger partial charge on any atom is -0.350 e. The summed E-state index contributed by atoms with van der Waals surface area (Å²) < 4.78 is 29.2. The fraction of sp³-hybridized carbons (Fsp3) is 0.351. The van der Waals surface area contributed by atoms with Crippen molar-refractivity contribution in [2.45, 2.75) is 51.4 Å². The molecule has 0 spiro atoms. The van der Waals surface area contributed by atoms with Crippen molar-refractivity contribution in [2.24, 2.45) is 5.92 Å². The highest BCUT2D eigenvalue weighted by Crippen LogP contribution is 2.32. The van der Waals surface area contributed by atoms with Gasteiger partial charge in [0.25, 0.3) is 5.91 Å². The predicted molar refractivity (Wildman–Crippen MR) is 187 cm³/mol. The lowest BCUT2D eigenvalue weighted by Gasteiger charge is -2.32. The van der Waals surface area contributed by atoms with E-state index in [1.54, 1.807) is 18.3 Å². The van der Waals surface area contributed by atoms with Crippen LogP contribution in [0.4, 0.5) is 14.7 Å². The van der Waals surface area contributed by atoms with Crippen molar-refractivity contribution < 1.29 is 13.6 Å². The molecule has 0 aliphatic carbocycles. The number of benzene rings is 3. The lowest BCUT2D eigenvalue weighted by molar-refractivity contribution is 0.0909. The summed E-state index contributed by atoms with van der Waals surface area (Å²) in [5, 5.41) is 10.2. The van der Waals surface area contributed by atoms with Crippen LogP contribution in [0.25, 0.3) is 22.6 Å². The number of imidazole rings is 1. The number of fused-ring (bicyclic) bond motifs is 1. The Morgan fingerprint density at radius 1 is 0.959 bits per heavy atom. The second-order valence-electron chi connectivity index (χ2n) is 13.0. The summed E-state index contributed by atoms with van der Waals surface area (Å²) in [5.74, 6) is -0.579. The number of amides is 1. The van der Waals surface area contributed by atoms with Crippen molar-refractivity contribution in [2.75, 3.05) is 31.5 Å². The van der Waals surface area contributed by atoms with Crippen molar-refractivity contribution in [3.63, 3.8) is 0 Å². The van der Waals surface area contributed by atoms with Crippen LogP contribution in [0, 0.1) is 17.6 Å². The van der Waals surface area contributed by atoms with Crippen LogP contribution in [0.2, 0.25) is 5.02 Å². The molecule has 3 N–H and O–H groups in total. The Morgan fingerprint density at radius 2 is 1.80 bits per heavy atom. The fourth-order valence-electron chi connectivity index (χ4n) is 6.73. The number of hydrogen-bond acceptors (Lipinski definition) is 7. The number of hydrogen-bond donors (Lipinski definition) is 3. The van der Waals surface area contributed by atoms with E-state index in [9.17, 15) is 13.6 Å². The molecule has 1 amide bonds. The summed E-state index contributed by atoms with van der Waals surface area (Å²) in [7, 11) is 0. The summed E-state index contributed by atoms with van der Waals surface area (Å²) in [6.07, 6.45) is 5.58. The Morgan fingerprint density at radius 3 is 2.55 bits per heavy atom. The number of aromatic nitrogens is 4. The van der Waals surface area contributed by atoms with E-state index in [0.29, 0.717) is 57.1 Å². The van der Waals surface area contributed by atoms with Gasteiger partial charge in [0.15, 0.2) is 17.3 Å². The van der Waals surface area contributed by atoms with E-state index < -0.39 is 11.6 Å². The standard InChI is InChI=1S/C37H39ClF2N8O/c38-30-18-27(36(49)44-28-12-15-47(16-13-28)22-24-5-2-1-3-6-24)9-10-29(30)34-45-33-21-43-37(42-20-25-8-11-31(39)32(40)17-25)46-35(33)48(34)23-26-7-4-14-41-19-26/h1-3,5-6,8-11,17-18,21,26,28,41H,4,7,12-16,19-20,22-23H2,(H,44,49)(H,42,43,46)/t26-/m1/s1. The maximum Gasteiger partial charge on any atom is 0.251 e. The number of rotatable bonds is 10. The minimum atomic E-state index is -0.903. The monoisotopic (exact) mass is 684 g/mol. The van der Waals surface area contributed by atoms with E-state index >= 15 is 0 Å². The highest BCUT2D eigenvalue weighted by Gasteiger charge is 2.24. The average Bonchev–Trinajstić information content (AvgIpc) is 3.47. The first-order valence-corrected chi connectivity index (χ1v) is 17.3. The molecule has 5 aromatic rings. The number of piperidine rings is 2. The Bertz CT molecular complexity index is 1920. The zero-order valence-corrected chi connectivity index (χ0v) is 27.9. The Balaban J connectivity index is 1.08. The third-order valence-corrected chi connectivity index (χ3v) is 9.72. The molecule has 254 valence electrons. The summed E-state index contributed by atoms with van der Waals surface area (Å²) >= 11 is 6.90. The number of nitrogens with one attached hydrogen (secondary N) is 3. The van der Waals surface area contributed by atoms with Gasteiger partial charge in [-0.2, -0.15) is 4.98 Å². The van der Waals surface area contributed by atoms with E-state index in [2.05, 4.69) is 54.7 Å². The van der Waals surface area contributed by atoms with Gasteiger partial charge in [-0.05, 0) is 86.1 Å². The van der Waals surface area contributed by atoms with Gasteiger partial charge in [-0.15, -0.1) is 0 Å². The Kier molecular flexibility index (Phi) is 10.1. The molecule has 0 radical (unpaired) electrons. The molecule has 1 atom stereocenters. The normalized spacial score (nSPS) is 17.3. The topological polar surface area (TPSA) is 100 Å². The quantitative estimate of drug-likeness (QED) is 0.156. The van der Waals surface area contributed by atoms with Gasteiger partial charge in [-0.3, -0.25) is 9.69 Å². The van der Waals surface area contributed by atoms with Crippen LogP contribution >= 0.6 is 11.6 Å². The molecular weight excluding hydrogens is 646 g/mol. The molecule has 0 bridgehead atoms. The Hall–Kier alpha value is -4.45. The molecule has 9 nitrogen and oxygen atoms in total. The second kappa shape index (κ2) is 15.0. The van der Waals surface area contributed by atoms with Gasteiger partial charge >= 0.3 is 0 Å². The van der Waals surface area contributed by atoms with E-state index in [4.69, 9.17) is 21.6 Å². The van der Waals surface area contributed by atoms with Crippen molar-refractivity contribution in [3.8, 4) is 11.4 Å². The molecule has 7 rings (SSSR count). The average molecular weight is 685 g/mol. The molecule has 49 heavy (non-hydrogen) atoms. The maximum atomic E-state index is 13.7. The SMILES string of the molecule is O=C(NC1CCN(Cc2ccccc2)CC1)c1ccc(-c2nc3cnc(NCc4ccc(F)c(F)c4)nc3n2C[C@@H]2CCCNC2)c(Cl)c1. The van der Waals surface area contributed by atoms with E-state index in [-0.39, 0.29) is 18.5 Å². The number of carbonyl (C=O) groups is 1. The first kappa shape index (κ1) is 33.1. The minimum absolute atomic E-state index is 0.106. The van der Waals surface area contributed by atoms with Gasteiger partial charge in [-0.25, -0.2) is 18.7 Å². The highest BCUT2D eigenvalue weighted by molar-refractivity contribution is 6.33. The Labute approximate surface area is 289 Å². The summed E-state index contributed by atoms with van der Waals surface area (Å²) in [4.78, 5) is 29.9. The molecule has 2 aromatic heterocycles.